The van der Waals surface area contributed by atoms with Crippen molar-refractivity contribution in [1.29, 1.82) is 0 Å². The number of hydrogen-bond acceptors (Lipinski definition) is 2. The third-order valence-corrected chi connectivity index (χ3v) is 5.11. The van der Waals surface area contributed by atoms with E-state index < -0.39 is 0 Å². The second-order valence-electron chi connectivity index (χ2n) is 6.38. The molecule has 0 spiro atoms. The Morgan fingerprint density at radius 2 is 1.96 bits per heavy atom. The predicted molar refractivity (Wildman–Crippen MR) is 104 cm³/mol. The largest absolute Gasteiger partial charge is 0.352 e. The summed E-state index contributed by atoms with van der Waals surface area (Å²) in [6, 6.07) is 18.9. The fourth-order valence-electron chi connectivity index (χ4n) is 3.48. The summed E-state index contributed by atoms with van der Waals surface area (Å²) >= 11 is 5.53. The van der Waals surface area contributed by atoms with Gasteiger partial charge in [-0.2, -0.15) is 0 Å². The van der Waals surface area contributed by atoms with Crippen LogP contribution in [0, 0.1) is 6.92 Å². The molecule has 0 aliphatic carbocycles. The van der Waals surface area contributed by atoms with Gasteiger partial charge in [0.1, 0.15) is 0 Å². The molecule has 3 heterocycles. The van der Waals surface area contributed by atoms with E-state index in [0.717, 1.165) is 16.5 Å². The lowest BCUT2D eigenvalue weighted by molar-refractivity contribution is 0.357. The zero-order valence-electron chi connectivity index (χ0n) is 14.3. The van der Waals surface area contributed by atoms with Gasteiger partial charge in [0.05, 0.1) is 17.8 Å². The minimum absolute atomic E-state index is 0.0251. The van der Waals surface area contributed by atoms with Crippen molar-refractivity contribution in [3.63, 3.8) is 0 Å². The average Bonchev–Trinajstić information content (AvgIpc) is 3.21. The highest BCUT2D eigenvalue weighted by atomic mass is 32.1. The minimum Gasteiger partial charge on any atom is -0.352 e. The molecule has 0 unspecified atom stereocenters. The second kappa shape index (κ2) is 6.33. The topological polar surface area (TPSA) is 33.1 Å². The van der Waals surface area contributed by atoms with Crippen molar-refractivity contribution in [3.8, 4) is 5.69 Å². The minimum atomic E-state index is 0.0251. The fourth-order valence-corrected chi connectivity index (χ4v) is 3.72. The molecule has 25 heavy (non-hydrogen) atoms. The molecule has 4 rings (SSSR count). The normalized spacial score (nSPS) is 19.9. The smallest absolute Gasteiger partial charge is 0.169 e. The van der Waals surface area contributed by atoms with Crippen molar-refractivity contribution in [1.82, 2.24) is 19.8 Å². The van der Waals surface area contributed by atoms with Gasteiger partial charge >= 0.3 is 0 Å². The molecule has 1 N–H and O–H groups in total. The zero-order valence-corrected chi connectivity index (χ0v) is 15.1. The molecule has 3 aromatic rings. The Kier molecular flexibility index (Phi) is 4.01. The summed E-state index contributed by atoms with van der Waals surface area (Å²) in [4.78, 5) is 6.67. The van der Waals surface area contributed by atoms with Gasteiger partial charge in [-0.1, -0.05) is 18.2 Å². The number of thiocarbonyl (C=S) groups is 1. The number of nitrogens with zero attached hydrogens (tertiary/aromatic N) is 3. The third-order valence-electron chi connectivity index (χ3n) is 4.70. The van der Waals surface area contributed by atoms with Crippen molar-refractivity contribution in [3.05, 3.63) is 83.9 Å². The second-order valence-corrected chi connectivity index (χ2v) is 6.77. The Bertz CT molecular complexity index is 903. The van der Waals surface area contributed by atoms with Gasteiger partial charge < -0.3 is 14.8 Å². The number of aromatic nitrogens is 2. The van der Waals surface area contributed by atoms with Crippen LogP contribution >= 0.6 is 12.2 Å². The van der Waals surface area contributed by atoms with E-state index in [2.05, 4.69) is 69.3 Å². The summed E-state index contributed by atoms with van der Waals surface area (Å²) in [5.41, 5.74) is 4.59. The van der Waals surface area contributed by atoms with Crippen LogP contribution in [0.4, 0.5) is 0 Å². The van der Waals surface area contributed by atoms with Gasteiger partial charge in [-0.05, 0) is 61.1 Å². The SMILES string of the molecule is Cc1cccc(-n2cccc2[C@@H]2[C@@H](c3ccccn3)NC(=S)N2C)c1. The molecule has 2 atom stereocenters. The van der Waals surface area contributed by atoms with Crippen molar-refractivity contribution in [2.75, 3.05) is 7.05 Å². The molecule has 4 nitrogen and oxygen atoms in total. The van der Waals surface area contributed by atoms with E-state index in [1.165, 1.54) is 11.3 Å². The standard InChI is InChI=1S/C20H20N4S/c1-14-7-5-8-15(13-14)24-12-6-10-17(24)19-18(22-20(25)23(19)2)16-9-3-4-11-21-16/h3-13,18-19H,1-2H3,(H,22,25)/t18-,19-/m1/s1. The lowest BCUT2D eigenvalue weighted by Crippen LogP contribution is -2.25. The number of aryl methyl sites for hydroxylation is 1. The number of likely N-dealkylation sites (N-methyl/N-ethyl adjacent to an activating group) is 1. The van der Waals surface area contributed by atoms with Crippen LogP contribution in [0.1, 0.15) is 29.0 Å². The molecule has 1 fully saturated rings. The Hall–Kier alpha value is -2.66. The predicted octanol–water partition coefficient (Wildman–Crippen LogP) is 3.78. The Morgan fingerprint density at radius 3 is 2.72 bits per heavy atom. The first-order chi connectivity index (χ1) is 12.1. The Balaban J connectivity index is 1.80. The van der Waals surface area contributed by atoms with Crippen LogP contribution in [0.5, 0.6) is 0 Å². The number of pyridine rings is 1. The van der Waals surface area contributed by atoms with E-state index in [9.17, 15) is 0 Å². The van der Waals surface area contributed by atoms with Crippen LogP contribution < -0.4 is 5.32 Å². The van der Waals surface area contributed by atoms with Crippen molar-refractivity contribution >= 4 is 17.3 Å². The van der Waals surface area contributed by atoms with Gasteiger partial charge in [0.15, 0.2) is 5.11 Å². The molecule has 2 aromatic heterocycles. The van der Waals surface area contributed by atoms with Gasteiger partial charge in [-0.15, -0.1) is 0 Å². The Morgan fingerprint density at radius 1 is 1.08 bits per heavy atom. The molecule has 1 aliphatic rings. The third kappa shape index (κ3) is 2.81. The monoisotopic (exact) mass is 348 g/mol. The van der Waals surface area contributed by atoms with Crippen LogP contribution in [0.3, 0.4) is 0 Å². The van der Waals surface area contributed by atoms with Crippen molar-refractivity contribution < 1.29 is 0 Å². The molecule has 1 saturated heterocycles. The van der Waals surface area contributed by atoms with Gasteiger partial charge in [0.2, 0.25) is 0 Å². The molecule has 0 bridgehead atoms. The molecule has 126 valence electrons. The first-order valence-corrected chi connectivity index (χ1v) is 8.74. The molecule has 1 aromatic carbocycles. The van der Waals surface area contributed by atoms with E-state index >= 15 is 0 Å². The van der Waals surface area contributed by atoms with E-state index in [-0.39, 0.29) is 12.1 Å². The van der Waals surface area contributed by atoms with Crippen molar-refractivity contribution in [2.24, 2.45) is 0 Å². The molecular weight excluding hydrogens is 328 g/mol. The number of benzene rings is 1. The molecule has 5 heteroatoms. The quantitative estimate of drug-likeness (QED) is 0.730. The highest BCUT2D eigenvalue weighted by molar-refractivity contribution is 7.80. The summed E-state index contributed by atoms with van der Waals surface area (Å²) in [6.45, 7) is 2.11. The number of rotatable bonds is 3. The molecular formula is C20H20N4S. The molecule has 0 saturated carbocycles. The van der Waals surface area contributed by atoms with E-state index in [0.29, 0.717) is 0 Å². The maximum atomic E-state index is 5.53. The van der Waals surface area contributed by atoms with Crippen LogP contribution in [0.15, 0.2) is 67.0 Å². The number of nitrogens with one attached hydrogen (secondary N) is 1. The van der Waals surface area contributed by atoms with Gasteiger partial charge in [-0.25, -0.2) is 0 Å². The van der Waals surface area contributed by atoms with Gasteiger partial charge in [0, 0.05) is 30.8 Å². The van der Waals surface area contributed by atoms with Gasteiger partial charge in [0.25, 0.3) is 0 Å². The van der Waals surface area contributed by atoms with E-state index in [1.807, 2.05) is 31.4 Å². The highest BCUT2D eigenvalue weighted by Crippen LogP contribution is 2.38. The molecule has 0 amide bonds. The average molecular weight is 348 g/mol. The zero-order chi connectivity index (χ0) is 17.4. The van der Waals surface area contributed by atoms with Crippen molar-refractivity contribution in [2.45, 2.75) is 19.0 Å². The van der Waals surface area contributed by atoms with Crippen LogP contribution in [0.2, 0.25) is 0 Å². The van der Waals surface area contributed by atoms with E-state index in [1.54, 1.807) is 0 Å². The van der Waals surface area contributed by atoms with Gasteiger partial charge in [-0.3, -0.25) is 4.98 Å². The summed E-state index contributed by atoms with van der Waals surface area (Å²) in [6.07, 6.45) is 3.93. The first-order valence-electron chi connectivity index (χ1n) is 8.34. The molecule has 1 aliphatic heterocycles. The highest BCUT2D eigenvalue weighted by Gasteiger charge is 2.39. The maximum Gasteiger partial charge on any atom is 0.169 e. The fraction of sp³-hybridized carbons (Fsp3) is 0.200. The summed E-state index contributed by atoms with van der Waals surface area (Å²) < 4.78 is 2.24. The van der Waals surface area contributed by atoms with E-state index in [4.69, 9.17) is 12.2 Å². The number of hydrogen-bond donors (Lipinski definition) is 1. The first kappa shape index (κ1) is 15.8. The summed E-state index contributed by atoms with van der Waals surface area (Å²) in [5.74, 6) is 0. The lowest BCUT2D eigenvalue weighted by Gasteiger charge is -2.25. The Labute approximate surface area is 153 Å². The lowest BCUT2D eigenvalue weighted by atomic mass is 10.0. The van der Waals surface area contributed by atoms with Crippen LogP contribution in [-0.4, -0.2) is 26.6 Å². The molecule has 0 radical (unpaired) electrons. The summed E-state index contributed by atoms with van der Waals surface area (Å²) in [7, 11) is 2.04. The summed E-state index contributed by atoms with van der Waals surface area (Å²) in [5, 5.41) is 4.18. The van der Waals surface area contributed by atoms with Crippen LogP contribution in [-0.2, 0) is 0 Å². The van der Waals surface area contributed by atoms with Crippen LogP contribution in [0.25, 0.3) is 5.69 Å². The maximum absolute atomic E-state index is 5.53.